The van der Waals surface area contributed by atoms with E-state index >= 15 is 0 Å². The first-order valence-corrected chi connectivity index (χ1v) is 13.5. The molecule has 0 radical (unpaired) electrons. The molecule has 3 aromatic carbocycles. The van der Waals surface area contributed by atoms with E-state index in [-0.39, 0.29) is 30.9 Å². The molecule has 3 N–H and O–H groups in total. The Bertz CT molecular complexity index is 1270. The smallest absolute Gasteiger partial charge is 0.407 e. The Morgan fingerprint density at radius 1 is 0.786 bits per heavy atom. The van der Waals surface area contributed by atoms with Gasteiger partial charge in [0.25, 0.3) is 0 Å². The molecule has 1 saturated heterocycles. The van der Waals surface area contributed by atoms with Crippen LogP contribution in [0.3, 0.4) is 0 Å². The molecular weight excluding hydrogens is 546 g/mol. The third kappa shape index (κ3) is 8.60. The lowest BCUT2D eigenvalue weighted by Crippen LogP contribution is -2.61. The lowest BCUT2D eigenvalue weighted by molar-refractivity contribution is -0.299. The lowest BCUT2D eigenvalue weighted by Gasteiger charge is -2.42. The van der Waals surface area contributed by atoms with Crippen molar-refractivity contribution in [2.24, 2.45) is 0 Å². The van der Waals surface area contributed by atoms with Crippen LogP contribution in [0.2, 0.25) is 0 Å². The van der Waals surface area contributed by atoms with E-state index in [4.69, 9.17) is 23.7 Å². The van der Waals surface area contributed by atoms with Gasteiger partial charge in [0, 0.05) is 6.54 Å². The molecule has 1 aliphatic heterocycles. The molecule has 3 aromatic rings. The minimum atomic E-state index is -1.53. The largest absolute Gasteiger partial charge is 0.452 e. The second-order valence-electron chi connectivity index (χ2n) is 9.40. The minimum Gasteiger partial charge on any atom is -0.452 e. The van der Waals surface area contributed by atoms with Crippen molar-refractivity contribution in [3.05, 3.63) is 108 Å². The summed E-state index contributed by atoms with van der Waals surface area (Å²) in [4.78, 5) is 37.9. The number of carbonyl (C=O) groups is 3. The molecule has 11 heteroatoms. The molecule has 0 saturated carbocycles. The normalized spacial score (nSPS) is 21.6. The molecule has 1 amide bonds. The summed E-state index contributed by atoms with van der Waals surface area (Å²) in [6, 6.07) is 25.5. The van der Waals surface area contributed by atoms with Gasteiger partial charge in [-0.15, -0.1) is 0 Å². The van der Waals surface area contributed by atoms with Gasteiger partial charge in [-0.1, -0.05) is 66.7 Å². The van der Waals surface area contributed by atoms with Gasteiger partial charge < -0.3 is 39.2 Å². The Kier molecular flexibility index (Phi) is 11.4. The lowest BCUT2D eigenvalue weighted by atomic mass is 9.98. The summed E-state index contributed by atoms with van der Waals surface area (Å²) in [5, 5.41) is 23.4. The maximum atomic E-state index is 13.0. The fraction of sp³-hybridized carbons (Fsp3) is 0.323. The van der Waals surface area contributed by atoms with Gasteiger partial charge in [-0.3, -0.25) is 0 Å². The van der Waals surface area contributed by atoms with E-state index in [0.29, 0.717) is 6.42 Å². The van der Waals surface area contributed by atoms with Gasteiger partial charge in [-0.2, -0.15) is 0 Å². The summed E-state index contributed by atoms with van der Waals surface area (Å²) in [7, 11) is 0. The molecule has 222 valence electrons. The van der Waals surface area contributed by atoms with E-state index in [1.165, 1.54) is 12.1 Å². The van der Waals surface area contributed by atoms with Crippen LogP contribution in [0.25, 0.3) is 0 Å². The van der Waals surface area contributed by atoms with E-state index in [1.807, 2.05) is 30.3 Å². The molecule has 0 aromatic heterocycles. The average Bonchev–Trinajstić information content (AvgIpc) is 3.03. The van der Waals surface area contributed by atoms with Crippen molar-refractivity contribution < 1.29 is 48.3 Å². The third-order valence-corrected chi connectivity index (χ3v) is 6.39. The average molecular weight is 580 g/mol. The van der Waals surface area contributed by atoms with Crippen molar-refractivity contribution >= 4 is 18.0 Å². The van der Waals surface area contributed by atoms with Gasteiger partial charge >= 0.3 is 18.0 Å². The van der Waals surface area contributed by atoms with Gasteiger partial charge in [-0.05, 0) is 36.2 Å². The molecule has 1 fully saturated rings. The number of ether oxygens (including phenoxy) is 5. The van der Waals surface area contributed by atoms with Crippen molar-refractivity contribution in [2.75, 3.05) is 19.8 Å². The van der Waals surface area contributed by atoms with Gasteiger partial charge in [0.2, 0.25) is 0 Å². The summed E-state index contributed by atoms with van der Waals surface area (Å²) in [6.45, 7) is -0.264. The monoisotopic (exact) mass is 579 g/mol. The number of benzene rings is 3. The number of carbonyl (C=O) groups excluding carboxylic acids is 3. The van der Waals surface area contributed by atoms with E-state index in [1.54, 1.807) is 48.5 Å². The molecule has 11 nitrogen and oxygen atoms in total. The highest BCUT2D eigenvalue weighted by Gasteiger charge is 2.50. The minimum absolute atomic E-state index is 0.0244. The summed E-state index contributed by atoms with van der Waals surface area (Å²) < 4.78 is 28.0. The highest BCUT2D eigenvalue weighted by molar-refractivity contribution is 5.90. The Morgan fingerprint density at radius 3 is 1.90 bits per heavy atom. The van der Waals surface area contributed by atoms with Gasteiger partial charge in [0.05, 0.1) is 24.3 Å². The molecule has 5 atom stereocenters. The van der Waals surface area contributed by atoms with E-state index in [0.717, 1.165) is 5.56 Å². The van der Waals surface area contributed by atoms with E-state index in [9.17, 15) is 24.6 Å². The Balaban J connectivity index is 1.39. The second-order valence-corrected chi connectivity index (χ2v) is 9.40. The number of rotatable bonds is 12. The summed E-state index contributed by atoms with van der Waals surface area (Å²) >= 11 is 0. The second kappa shape index (κ2) is 15.6. The Hall–Kier alpha value is -4.29. The fourth-order valence-electron chi connectivity index (χ4n) is 4.20. The van der Waals surface area contributed by atoms with Crippen molar-refractivity contribution in [3.8, 4) is 0 Å². The first-order valence-electron chi connectivity index (χ1n) is 13.5. The zero-order valence-corrected chi connectivity index (χ0v) is 22.7. The number of aliphatic hydroxyl groups excluding tert-OH is 2. The number of aliphatic hydroxyl groups is 2. The Labute approximate surface area is 242 Å². The highest BCUT2D eigenvalue weighted by Crippen LogP contribution is 2.28. The number of nitrogens with one attached hydrogen (secondary N) is 1. The number of hydrogen-bond acceptors (Lipinski definition) is 10. The van der Waals surface area contributed by atoms with Crippen LogP contribution < -0.4 is 5.32 Å². The first-order chi connectivity index (χ1) is 20.5. The van der Waals surface area contributed by atoms with Gasteiger partial charge in [0.15, 0.2) is 18.5 Å². The maximum absolute atomic E-state index is 13.0. The molecule has 42 heavy (non-hydrogen) atoms. The number of alkyl carbamates (subject to hydrolysis) is 1. The fourth-order valence-corrected chi connectivity index (χ4v) is 4.20. The molecule has 0 aliphatic carbocycles. The summed E-state index contributed by atoms with van der Waals surface area (Å²) in [6.07, 6.45) is -7.12. The van der Waals surface area contributed by atoms with Crippen molar-refractivity contribution in [1.82, 2.24) is 5.32 Å². The summed E-state index contributed by atoms with van der Waals surface area (Å²) in [5.74, 6) is -1.52. The van der Waals surface area contributed by atoms with Crippen molar-refractivity contribution in [1.29, 1.82) is 0 Å². The molecule has 4 rings (SSSR count). The van der Waals surface area contributed by atoms with Crippen LogP contribution in [0.1, 0.15) is 32.7 Å². The topological polar surface area (TPSA) is 150 Å². The van der Waals surface area contributed by atoms with Gasteiger partial charge in [-0.25, -0.2) is 14.4 Å². The van der Waals surface area contributed by atoms with Crippen LogP contribution in [-0.4, -0.2) is 78.7 Å². The first kappa shape index (κ1) is 30.7. The summed E-state index contributed by atoms with van der Waals surface area (Å²) in [5.41, 5.74) is 1.29. The predicted molar refractivity (Wildman–Crippen MR) is 148 cm³/mol. The number of esters is 2. The molecular formula is C31H33NO10. The number of hydrogen-bond donors (Lipinski definition) is 3. The predicted octanol–water partition coefficient (Wildman–Crippen LogP) is 2.85. The third-order valence-electron chi connectivity index (χ3n) is 6.39. The number of amides is 1. The van der Waals surface area contributed by atoms with Crippen molar-refractivity contribution in [2.45, 2.75) is 43.7 Å². The SMILES string of the molecule is O=C(NCCCO[C@@H]1O[C@H](CO)[C@@H](O)[C@H](OC(=O)c2ccccc2)[C@H]1OC(=O)c1ccccc1)OCc1ccccc1. The molecule has 0 unspecified atom stereocenters. The van der Waals surface area contributed by atoms with Crippen LogP contribution >= 0.6 is 0 Å². The van der Waals surface area contributed by atoms with Gasteiger partial charge in [0.1, 0.15) is 18.8 Å². The van der Waals surface area contributed by atoms with Crippen LogP contribution in [0.15, 0.2) is 91.0 Å². The Morgan fingerprint density at radius 2 is 1.33 bits per heavy atom. The molecule has 0 bridgehead atoms. The maximum Gasteiger partial charge on any atom is 0.407 e. The molecule has 0 spiro atoms. The zero-order valence-electron chi connectivity index (χ0n) is 22.7. The van der Waals surface area contributed by atoms with Crippen molar-refractivity contribution in [3.63, 3.8) is 0 Å². The molecule has 1 aliphatic rings. The van der Waals surface area contributed by atoms with Crippen LogP contribution in [-0.2, 0) is 30.3 Å². The van der Waals surface area contributed by atoms with Crippen LogP contribution in [0.5, 0.6) is 0 Å². The zero-order chi connectivity index (χ0) is 29.7. The highest BCUT2D eigenvalue weighted by atomic mass is 16.7. The standard InChI is InChI=1S/C31H33NO10/c33-19-24-25(34)26(41-28(35)22-13-6-2-7-14-22)27(42-29(36)23-15-8-3-9-16-23)30(40-24)38-18-10-17-32-31(37)39-20-21-11-4-1-5-12-21/h1-9,11-16,24-27,30,33-34H,10,17-20H2,(H,32,37)/t24-,25-,26+,27-,30-/m1/s1. The van der Waals surface area contributed by atoms with Crippen LogP contribution in [0.4, 0.5) is 4.79 Å². The molecule has 1 heterocycles. The van der Waals surface area contributed by atoms with Crippen LogP contribution in [0, 0.1) is 0 Å². The van der Waals surface area contributed by atoms with E-state index < -0.39 is 55.3 Å². The quantitative estimate of drug-likeness (QED) is 0.166. The van der Waals surface area contributed by atoms with E-state index in [2.05, 4.69) is 5.32 Å².